The molecule has 120 valence electrons. The van der Waals surface area contributed by atoms with E-state index in [9.17, 15) is 0 Å². The Bertz CT molecular complexity index is 535. The van der Waals surface area contributed by atoms with Gasteiger partial charge in [-0.25, -0.2) is 0 Å². The highest BCUT2D eigenvalue weighted by Gasteiger charge is 2.56. The summed E-state index contributed by atoms with van der Waals surface area (Å²) < 4.78 is 0. The molecular weight excluding hydrogens is 270 g/mol. The summed E-state index contributed by atoms with van der Waals surface area (Å²) in [7, 11) is 0. The van der Waals surface area contributed by atoms with E-state index in [1.54, 1.807) is 0 Å². The van der Waals surface area contributed by atoms with Gasteiger partial charge in [-0.2, -0.15) is 0 Å². The van der Waals surface area contributed by atoms with Gasteiger partial charge in [-0.3, -0.25) is 0 Å². The van der Waals surface area contributed by atoms with Crippen LogP contribution in [0, 0.1) is 34.5 Å². The van der Waals surface area contributed by atoms with Crippen LogP contribution < -0.4 is 0 Å². The molecular formula is C19H29N3. The van der Waals surface area contributed by atoms with Crippen molar-refractivity contribution in [2.24, 2.45) is 39.6 Å². The van der Waals surface area contributed by atoms with Crippen LogP contribution in [0.2, 0.25) is 0 Å². The molecule has 7 atom stereocenters. The molecule has 0 unspecified atom stereocenters. The normalized spacial score (nSPS) is 53.1. The van der Waals surface area contributed by atoms with Crippen molar-refractivity contribution >= 4 is 0 Å². The van der Waals surface area contributed by atoms with Crippen LogP contribution in [0.4, 0.5) is 0 Å². The molecule has 0 aromatic heterocycles. The first-order valence-electron chi connectivity index (χ1n) is 9.29. The SMILES string of the molecule is C[C@]12CC[C@@H](N=[N+]=[N-])C[C@@H]1CC[C@H]1[C@H]2CC[C@]2(C)C=CC[C@H]12. The van der Waals surface area contributed by atoms with E-state index in [0.717, 1.165) is 36.5 Å². The Labute approximate surface area is 134 Å². The number of hydrogen-bond donors (Lipinski definition) is 0. The molecule has 4 aliphatic rings. The molecule has 3 nitrogen and oxygen atoms in total. The molecule has 0 N–H and O–H groups in total. The summed E-state index contributed by atoms with van der Waals surface area (Å²) in [5, 5.41) is 4.04. The maximum atomic E-state index is 8.75. The molecule has 3 heteroatoms. The number of hydrogen-bond acceptors (Lipinski definition) is 1. The summed E-state index contributed by atoms with van der Waals surface area (Å²) in [6.45, 7) is 5.08. The summed E-state index contributed by atoms with van der Waals surface area (Å²) in [5.41, 5.74) is 9.75. The summed E-state index contributed by atoms with van der Waals surface area (Å²) in [5.74, 6) is 3.54. The fraction of sp³-hybridized carbons (Fsp3) is 0.895. The van der Waals surface area contributed by atoms with Gasteiger partial charge in [-0.1, -0.05) is 31.1 Å². The standard InChI is InChI=1S/C19H29N3/c1-18-9-3-4-16(18)15-6-5-13-12-14(21-22-20)7-11-19(13,2)17(15)8-10-18/h3,9,13-17H,4-8,10-12H2,1-2H3/t13-,14+,15+,16+,17+,18-,19-/m0/s1. The van der Waals surface area contributed by atoms with Crippen LogP contribution in [-0.2, 0) is 0 Å². The average Bonchev–Trinajstić information content (AvgIpc) is 2.89. The fourth-order valence-corrected chi connectivity index (χ4v) is 6.90. The highest BCUT2D eigenvalue weighted by atomic mass is 15.1. The van der Waals surface area contributed by atoms with E-state index in [1.165, 1.54) is 38.5 Å². The molecule has 22 heavy (non-hydrogen) atoms. The van der Waals surface area contributed by atoms with E-state index < -0.39 is 0 Å². The second kappa shape index (κ2) is 5.03. The Kier molecular flexibility index (Phi) is 3.34. The van der Waals surface area contributed by atoms with Gasteiger partial charge in [0.2, 0.25) is 0 Å². The van der Waals surface area contributed by atoms with E-state index >= 15 is 0 Å². The minimum absolute atomic E-state index is 0.265. The van der Waals surface area contributed by atoms with Gasteiger partial charge in [0.15, 0.2) is 0 Å². The van der Waals surface area contributed by atoms with Crippen LogP contribution in [0.3, 0.4) is 0 Å². The maximum absolute atomic E-state index is 8.75. The number of fused-ring (bicyclic) bond motifs is 5. The van der Waals surface area contributed by atoms with E-state index in [0.29, 0.717) is 10.8 Å². The summed E-state index contributed by atoms with van der Waals surface area (Å²) >= 11 is 0. The van der Waals surface area contributed by atoms with Gasteiger partial charge in [0, 0.05) is 11.0 Å². The van der Waals surface area contributed by atoms with Crippen LogP contribution in [-0.4, -0.2) is 6.04 Å². The molecule has 0 aromatic rings. The average molecular weight is 299 g/mol. The third kappa shape index (κ3) is 1.98. The van der Waals surface area contributed by atoms with Crippen molar-refractivity contribution in [3.63, 3.8) is 0 Å². The lowest BCUT2D eigenvalue weighted by Gasteiger charge is -2.60. The largest absolute Gasteiger partial charge is 0.0906 e. The number of nitrogens with zero attached hydrogens (tertiary/aromatic N) is 3. The lowest BCUT2D eigenvalue weighted by atomic mass is 9.45. The molecule has 3 fully saturated rings. The third-order valence-electron chi connectivity index (χ3n) is 8.18. The summed E-state index contributed by atoms with van der Waals surface area (Å²) in [4.78, 5) is 3.07. The molecule has 0 spiro atoms. The number of allylic oxidation sites excluding steroid dienone is 2. The van der Waals surface area contributed by atoms with E-state index in [1.807, 2.05) is 0 Å². The highest BCUT2D eigenvalue weighted by molar-refractivity contribution is 5.16. The summed E-state index contributed by atoms with van der Waals surface area (Å²) in [6, 6.07) is 0.265. The Morgan fingerprint density at radius 3 is 2.77 bits per heavy atom. The fourth-order valence-electron chi connectivity index (χ4n) is 6.90. The van der Waals surface area contributed by atoms with Crippen LogP contribution >= 0.6 is 0 Å². The van der Waals surface area contributed by atoms with Crippen LogP contribution in [0.5, 0.6) is 0 Å². The Morgan fingerprint density at radius 2 is 1.95 bits per heavy atom. The van der Waals surface area contributed by atoms with Gasteiger partial charge in [-0.15, -0.1) is 0 Å². The lowest BCUT2D eigenvalue weighted by Crippen LogP contribution is -2.53. The number of azide groups is 1. The van der Waals surface area contributed by atoms with Crippen LogP contribution in [0.25, 0.3) is 10.4 Å². The van der Waals surface area contributed by atoms with Crippen molar-refractivity contribution in [1.82, 2.24) is 0 Å². The molecule has 3 saturated carbocycles. The minimum atomic E-state index is 0.265. The molecule has 0 heterocycles. The Morgan fingerprint density at radius 1 is 1.09 bits per heavy atom. The lowest BCUT2D eigenvalue weighted by molar-refractivity contribution is -0.0995. The van der Waals surface area contributed by atoms with Gasteiger partial charge >= 0.3 is 0 Å². The minimum Gasteiger partial charge on any atom is -0.0906 e. The highest BCUT2D eigenvalue weighted by Crippen LogP contribution is 2.65. The van der Waals surface area contributed by atoms with Gasteiger partial charge in [0.1, 0.15) is 0 Å². The predicted octanol–water partition coefficient (Wildman–Crippen LogP) is 5.87. The van der Waals surface area contributed by atoms with Gasteiger partial charge < -0.3 is 0 Å². The van der Waals surface area contributed by atoms with Crippen molar-refractivity contribution < 1.29 is 0 Å². The maximum Gasteiger partial charge on any atom is 0.0377 e. The summed E-state index contributed by atoms with van der Waals surface area (Å²) in [6.07, 6.45) is 15.4. The van der Waals surface area contributed by atoms with Crippen LogP contribution in [0.1, 0.15) is 65.2 Å². The molecule has 0 aromatic carbocycles. The third-order valence-corrected chi connectivity index (χ3v) is 8.18. The van der Waals surface area contributed by atoms with Crippen molar-refractivity contribution in [2.75, 3.05) is 0 Å². The molecule has 4 aliphatic carbocycles. The molecule has 0 bridgehead atoms. The Balaban J connectivity index is 1.58. The second-order valence-electron chi connectivity index (χ2n) is 8.97. The van der Waals surface area contributed by atoms with Crippen molar-refractivity contribution in [1.29, 1.82) is 0 Å². The van der Waals surface area contributed by atoms with E-state index in [-0.39, 0.29) is 6.04 Å². The second-order valence-corrected chi connectivity index (χ2v) is 8.97. The molecule has 0 radical (unpaired) electrons. The van der Waals surface area contributed by atoms with Crippen LogP contribution in [0.15, 0.2) is 17.3 Å². The Hall–Kier alpha value is -0.950. The monoisotopic (exact) mass is 299 g/mol. The molecule has 4 rings (SSSR count). The van der Waals surface area contributed by atoms with Crippen molar-refractivity contribution in [3.8, 4) is 0 Å². The first kappa shape index (κ1) is 14.6. The van der Waals surface area contributed by atoms with Gasteiger partial charge in [0.05, 0.1) is 0 Å². The molecule has 0 amide bonds. The van der Waals surface area contributed by atoms with Crippen molar-refractivity contribution in [2.45, 2.75) is 71.3 Å². The zero-order valence-corrected chi connectivity index (χ0v) is 14.0. The zero-order chi connectivity index (χ0) is 15.4. The predicted molar refractivity (Wildman–Crippen MR) is 89.2 cm³/mol. The quantitative estimate of drug-likeness (QED) is 0.251. The van der Waals surface area contributed by atoms with E-state index in [4.69, 9.17) is 5.53 Å². The first-order valence-corrected chi connectivity index (χ1v) is 9.29. The first-order chi connectivity index (χ1) is 10.6. The zero-order valence-electron chi connectivity index (χ0n) is 14.0. The van der Waals surface area contributed by atoms with Gasteiger partial charge in [0.25, 0.3) is 0 Å². The molecule has 0 saturated heterocycles. The topological polar surface area (TPSA) is 48.8 Å². The molecule has 0 aliphatic heterocycles. The van der Waals surface area contributed by atoms with E-state index in [2.05, 4.69) is 36.0 Å². The van der Waals surface area contributed by atoms with Gasteiger partial charge in [-0.05, 0) is 91.4 Å². The van der Waals surface area contributed by atoms with Crippen molar-refractivity contribution in [3.05, 3.63) is 22.6 Å². The smallest absolute Gasteiger partial charge is 0.0377 e. The number of rotatable bonds is 1.